The third-order valence-corrected chi connectivity index (χ3v) is 6.23. The first-order chi connectivity index (χ1) is 15.4. The number of hydrogen-bond acceptors (Lipinski definition) is 7. The molecule has 0 saturated carbocycles. The van der Waals surface area contributed by atoms with Crippen LogP contribution in [0.3, 0.4) is 0 Å². The van der Waals surface area contributed by atoms with E-state index < -0.39 is 11.4 Å². The largest absolute Gasteiger partial charge is 0.421 e. The van der Waals surface area contributed by atoms with Crippen molar-refractivity contribution in [1.29, 1.82) is 0 Å². The summed E-state index contributed by atoms with van der Waals surface area (Å²) in [6, 6.07) is 9.72. The van der Waals surface area contributed by atoms with Crippen LogP contribution in [-0.2, 0) is 6.54 Å². The number of aromatic nitrogens is 4. The average molecular weight is 451 g/mol. The molecule has 0 N–H and O–H groups in total. The van der Waals surface area contributed by atoms with E-state index in [-0.39, 0.29) is 11.9 Å². The molecule has 0 aliphatic carbocycles. The number of fused-ring (bicyclic) bond motifs is 1. The molecule has 10 heteroatoms. The van der Waals surface area contributed by atoms with Crippen LogP contribution < -0.4 is 5.63 Å². The second-order valence-corrected chi connectivity index (χ2v) is 8.21. The van der Waals surface area contributed by atoms with Gasteiger partial charge in [-0.15, -0.1) is 0 Å². The van der Waals surface area contributed by atoms with Gasteiger partial charge in [0.2, 0.25) is 0 Å². The van der Waals surface area contributed by atoms with Gasteiger partial charge in [-0.2, -0.15) is 4.37 Å². The summed E-state index contributed by atoms with van der Waals surface area (Å²) in [6.45, 7) is 4.62. The van der Waals surface area contributed by atoms with Gasteiger partial charge in [0.15, 0.2) is 16.6 Å². The van der Waals surface area contributed by atoms with Crippen molar-refractivity contribution in [3.05, 3.63) is 75.8 Å². The van der Waals surface area contributed by atoms with E-state index in [2.05, 4.69) is 9.36 Å². The minimum Gasteiger partial charge on any atom is -0.421 e. The number of carbonyl (C=O) groups is 1. The van der Waals surface area contributed by atoms with Crippen LogP contribution in [0.5, 0.6) is 0 Å². The van der Waals surface area contributed by atoms with Crippen molar-refractivity contribution in [2.75, 3.05) is 6.54 Å². The number of nitrogens with zero attached hydrogens (tertiary/aromatic N) is 5. The number of aryl methyl sites for hydroxylation is 1. The topological polar surface area (TPSA) is 94.1 Å². The van der Waals surface area contributed by atoms with Gasteiger partial charge < -0.3 is 13.9 Å². The molecule has 32 heavy (non-hydrogen) atoms. The number of hydrogen-bond donors (Lipinski definition) is 0. The number of halogens is 1. The number of rotatable bonds is 3. The van der Waals surface area contributed by atoms with Gasteiger partial charge in [-0.1, -0.05) is 6.07 Å². The molecule has 4 aromatic rings. The van der Waals surface area contributed by atoms with Gasteiger partial charge in [0, 0.05) is 24.7 Å². The third-order valence-electron chi connectivity index (χ3n) is 5.43. The molecule has 1 unspecified atom stereocenters. The Morgan fingerprint density at radius 3 is 2.62 bits per heavy atom. The molecular weight excluding hydrogens is 433 g/mol. The number of amides is 1. The SMILES string of the molecule is Cc1nsc(-c2nc(-c3cccc(=O)o3)c3n2CCN(C(=O)c2ccc(F)cc2)C3C)n1. The van der Waals surface area contributed by atoms with Crippen molar-refractivity contribution in [2.24, 2.45) is 0 Å². The lowest BCUT2D eigenvalue weighted by molar-refractivity contribution is 0.0645. The molecule has 8 nitrogen and oxygen atoms in total. The van der Waals surface area contributed by atoms with Crippen molar-refractivity contribution in [2.45, 2.75) is 26.4 Å². The van der Waals surface area contributed by atoms with Gasteiger partial charge in [0.1, 0.15) is 17.3 Å². The van der Waals surface area contributed by atoms with Crippen molar-refractivity contribution in [1.82, 2.24) is 23.8 Å². The first-order valence-electron chi connectivity index (χ1n) is 10.0. The van der Waals surface area contributed by atoms with Crippen LogP contribution in [0.4, 0.5) is 4.39 Å². The number of imidazole rings is 1. The maximum absolute atomic E-state index is 13.3. The maximum Gasteiger partial charge on any atom is 0.336 e. The summed E-state index contributed by atoms with van der Waals surface area (Å²) in [4.78, 5) is 36.0. The standard InChI is InChI=1S/C22H18FN5O3S/c1-12-19-18(16-4-3-5-17(29)31-16)25-20(21-24-13(2)26-32-21)28(19)11-10-27(12)22(30)14-6-8-15(23)9-7-14/h3-9,12H,10-11H2,1-2H3. The lowest BCUT2D eigenvalue weighted by Gasteiger charge is -2.35. The van der Waals surface area contributed by atoms with Crippen LogP contribution in [0.15, 0.2) is 51.7 Å². The molecule has 3 aromatic heterocycles. The smallest absolute Gasteiger partial charge is 0.336 e. The van der Waals surface area contributed by atoms with Crippen molar-refractivity contribution < 1.29 is 13.6 Å². The molecule has 0 saturated heterocycles. The summed E-state index contributed by atoms with van der Waals surface area (Å²) in [7, 11) is 0. The lowest BCUT2D eigenvalue weighted by Crippen LogP contribution is -2.41. The highest BCUT2D eigenvalue weighted by molar-refractivity contribution is 7.09. The molecule has 5 rings (SSSR count). The number of benzene rings is 1. The van der Waals surface area contributed by atoms with E-state index in [1.165, 1.54) is 41.9 Å². The van der Waals surface area contributed by atoms with Crippen LogP contribution >= 0.6 is 11.5 Å². The normalized spacial score (nSPS) is 15.6. The Kier molecular flexibility index (Phi) is 4.93. The van der Waals surface area contributed by atoms with E-state index in [9.17, 15) is 14.0 Å². The predicted molar refractivity (Wildman–Crippen MR) is 116 cm³/mol. The van der Waals surface area contributed by atoms with Crippen molar-refractivity contribution in [3.8, 4) is 22.3 Å². The van der Waals surface area contributed by atoms with Gasteiger partial charge >= 0.3 is 5.63 Å². The van der Waals surface area contributed by atoms with Crippen molar-refractivity contribution in [3.63, 3.8) is 0 Å². The minimum absolute atomic E-state index is 0.210. The zero-order valence-electron chi connectivity index (χ0n) is 17.3. The van der Waals surface area contributed by atoms with Gasteiger partial charge in [0.05, 0.1) is 11.7 Å². The summed E-state index contributed by atoms with van der Waals surface area (Å²) in [6.07, 6.45) is 0. The van der Waals surface area contributed by atoms with Gasteiger partial charge in [0.25, 0.3) is 5.91 Å². The van der Waals surface area contributed by atoms with E-state index in [0.29, 0.717) is 46.8 Å². The molecule has 0 fully saturated rings. The Morgan fingerprint density at radius 1 is 1.16 bits per heavy atom. The average Bonchev–Trinajstić information content (AvgIpc) is 3.38. The Bertz CT molecular complexity index is 1370. The van der Waals surface area contributed by atoms with E-state index in [1.807, 2.05) is 18.4 Å². The maximum atomic E-state index is 13.3. The van der Waals surface area contributed by atoms with Crippen LogP contribution in [0, 0.1) is 12.7 Å². The van der Waals surface area contributed by atoms with Gasteiger partial charge in [-0.05, 0) is 55.7 Å². The number of carbonyl (C=O) groups excluding carboxylic acids is 1. The molecule has 1 atom stereocenters. The Balaban J connectivity index is 1.63. The quantitative estimate of drug-likeness (QED) is 0.472. The Hall–Kier alpha value is -3.66. The molecule has 1 aromatic carbocycles. The Labute approximate surface area is 186 Å². The van der Waals surface area contributed by atoms with Crippen LogP contribution in [0.1, 0.15) is 34.8 Å². The highest BCUT2D eigenvalue weighted by Crippen LogP contribution is 2.38. The predicted octanol–water partition coefficient (Wildman–Crippen LogP) is 3.69. The van der Waals surface area contributed by atoms with E-state index >= 15 is 0 Å². The first kappa shape index (κ1) is 20.3. The summed E-state index contributed by atoms with van der Waals surface area (Å²) < 4.78 is 25.0. The highest BCUT2D eigenvalue weighted by Gasteiger charge is 2.35. The fourth-order valence-corrected chi connectivity index (χ4v) is 4.62. The molecular formula is C22H18FN5O3S. The molecule has 1 amide bonds. The second kappa shape index (κ2) is 7.79. The van der Waals surface area contributed by atoms with Crippen LogP contribution in [0.2, 0.25) is 0 Å². The van der Waals surface area contributed by atoms with E-state index in [0.717, 1.165) is 5.69 Å². The zero-order chi connectivity index (χ0) is 22.4. The summed E-state index contributed by atoms with van der Waals surface area (Å²) in [5.41, 5.74) is 1.14. The summed E-state index contributed by atoms with van der Waals surface area (Å²) in [5, 5.41) is 0.652. The van der Waals surface area contributed by atoms with Gasteiger partial charge in [-0.3, -0.25) is 4.79 Å². The van der Waals surface area contributed by atoms with Crippen LogP contribution in [-0.4, -0.2) is 36.3 Å². The molecule has 1 aliphatic rings. The third kappa shape index (κ3) is 3.42. The molecule has 0 spiro atoms. The molecule has 1 aliphatic heterocycles. The zero-order valence-corrected chi connectivity index (χ0v) is 18.1. The molecule has 0 radical (unpaired) electrons. The molecule has 162 valence electrons. The summed E-state index contributed by atoms with van der Waals surface area (Å²) in [5.74, 6) is 0.972. The lowest BCUT2D eigenvalue weighted by atomic mass is 10.1. The van der Waals surface area contributed by atoms with Crippen molar-refractivity contribution >= 4 is 17.4 Å². The second-order valence-electron chi connectivity index (χ2n) is 7.46. The Morgan fingerprint density at radius 2 is 1.94 bits per heavy atom. The monoisotopic (exact) mass is 451 g/mol. The van der Waals surface area contributed by atoms with E-state index in [1.54, 1.807) is 17.0 Å². The molecule has 4 heterocycles. The van der Waals surface area contributed by atoms with E-state index in [4.69, 9.17) is 9.40 Å². The van der Waals surface area contributed by atoms with Crippen LogP contribution in [0.25, 0.3) is 22.3 Å². The fraction of sp³-hybridized carbons (Fsp3) is 0.227. The highest BCUT2D eigenvalue weighted by atomic mass is 32.1. The minimum atomic E-state index is -0.486. The summed E-state index contributed by atoms with van der Waals surface area (Å²) >= 11 is 1.24. The molecule has 0 bridgehead atoms. The fourth-order valence-electron chi connectivity index (χ4n) is 3.95. The first-order valence-corrected chi connectivity index (χ1v) is 10.8. The van der Waals surface area contributed by atoms with Gasteiger partial charge in [-0.25, -0.2) is 19.2 Å².